The first-order valence-electron chi connectivity index (χ1n) is 8.83. The van der Waals surface area contributed by atoms with Gasteiger partial charge in [0.25, 0.3) is 0 Å². The average Bonchev–Trinajstić information content (AvgIpc) is 2.96. The van der Waals surface area contributed by atoms with Gasteiger partial charge in [-0.25, -0.2) is 4.79 Å². The monoisotopic (exact) mass is 487 g/mol. The molecule has 3 rings (SSSR count). The van der Waals surface area contributed by atoms with Crippen molar-refractivity contribution in [3.8, 4) is 5.69 Å². The van der Waals surface area contributed by atoms with Crippen LogP contribution in [0.4, 0.5) is 5.69 Å². The molecular formula is C22H22IN3O2. The summed E-state index contributed by atoms with van der Waals surface area (Å²) in [5.41, 5.74) is 9.81. The molecule has 0 saturated carbocycles. The Morgan fingerprint density at radius 1 is 1.11 bits per heavy atom. The summed E-state index contributed by atoms with van der Waals surface area (Å²) in [4.78, 5) is 11.8. The second kappa shape index (κ2) is 8.60. The summed E-state index contributed by atoms with van der Waals surface area (Å²) in [6.07, 6.45) is 1.83. The lowest BCUT2D eigenvalue weighted by Gasteiger charge is -2.13. The van der Waals surface area contributed by atoms with Crippen LogP contribution >= 0.6 is 22.6 Å². The molecule has 0 aliphatic rings. The first-order chi connectivity index (χ1) is 13.4. The first-order valence-corrected chi connectivity index (χ1v) is 9.91. The molecule has 1 aromatic heterocycles. The third-order valence-corrected chi connectivity index (χ3v) is 5.29. The van der Waals surface area contributed by atoms with E-state index < -0.39 is 0 Å². The number of hydrazone groups is 1. The largest absolute Gasteiger partial charge is 0.465 e. The molecule has 0 aliphatic carbocycles. The van der Waals surface area contributed by atoms with Crippen LogP contribution in [0.2, 0.25) is 0 Å². The lowest BCUT2D eigenvalue weighted by Crippen LogP contribution is -2.06. The highest BCUT2D eigenvalue weighted by Crippen LogP contribution is 2.24. The predicted molar refractivity (Wildman–Crippen MR) is 122 cm³/mol. The molecule has 2 aromatic carbocycles. The molecule has 5 nitrogen and oxygen atoms in total. The summed E-state index contributed by atoms with van der Waals surface area (Å²) in [5, 5.41) is 4.37. The van der Waals surface area contributed by atoms with Gasteiger partial charge >= 0.3 is 5.97 Å². The zero-order valence-corrected chi connectivity index (χ0v) is 18.4. The Morgan fingerprint density at radius 3 is 2.46 bits per heavy atom. The van der Waals surface area contributed by atoms with E-state index in [1.807, 2.05) is 49.5 Å². The van der Waals surface area contributed by atoms with Gasteiger partial charge in [0, 0.05) is 26.2 Å². The van der Waals surface area contributed by atoms with Crippen LogP contribution in [0.25, 0.3) is 5.69 Å². The fourth-order valence-electron chi connectivity index (χ4n) is 3.14. The van der Waals surface area contributed by atoms with Gasteiger partial charge in [0.05, 0.1) is 24.6 Å². The summed E-state index contributed by atoms with van der Waals surface area (Å²) in [6, 6.07) is 15.7. The summed E-state index contributed by atoms with van der Waals surface area (Å²) in [6.45, 7) is 6.12. The molecule has 0 fully saturated rings. The van der Waals surface area contributed by atoms with E-state index in [0.717, 1.165) is 33.9 Å². The molecule has 0 amide bonds. The van der Waals surface area contributed by atoms with Gasteiger partial charge in [-0.3, -0.25) is 5.43 Å². The van der Waals surface area contributed by atoms with Crippen molar-refractivity contribution in [1.29, 1.82) is 0 Å². The molecule has 0 unspecified atom stereocenters. The molecule has 0 aliphatic heterocycles. The van der Waals surface area contributed by atoms with Gasteiger partial charge in [-0.1, -0.05) is 0 Å². The predicted octanol–water partition coefficient (Wildman–Crippen LogP) is 5.24. The van der Waals surface area contributed by atoms with E-state index in [-0.39, 0.29) is 5.97 Å². The maximum atomic E-state index is 11.8. The number of aromatic nitrogens is 1. The molecule has 1 heterocycles. The number of hydrogen-bond acceptors (Lipinski definition) is 4. The van der Waals surface area contributed by atoms with E-state index in [9.17, 15) is 4.79 Å². The van der Waals surface area contributed by atoms with Crippen LogP contribution in [0.1, 0.15) is 32.9 Å². The molecule has 28 heavy (non-hydrogen) atoms. The molecule has 0 radical (unpaired) electrons. The molecule has 0 atom stereocenters. The quantitative estimate of drug-likeness (QED) is 0.232. The number of nitrogens with one attached hydrogen (secondary N) is 1. The van der Waals surface area contributed by atoms with Crippen LogP contribution in [-0.2, 0) is 4.74 Å². The van der Waals surface area contributed by atoms with Gasteiger partial charge in [-0.2, -0.15) is 5.10 Å². The van der Waals surface area contributed by atoms with E-state index in [1.165, 1.54) is 10.7 Å². The number of anilines is 1. The van der Waals surface area contributed by atoms with Crippen molar-refractivity contribution in [3.63, 3.8) is 0 Å². The van der Waals surface area contributed by atoms with E-state index >= 15 is 0 Å². The third-order valence-electron chi connectivity index (χ3n) is 4.57. The van der Waals surface area contributed by atoms with Gasteiger partial charge in [0.15, 0.2) is 0 Å². The summed E-state index contributed by atoms with van der Waals surface area (Å²) >= 11 is 2.28. The Labute approximate surface area is 178 Å². The first kappa shape index (κ1) is 20.1. The topological polar surface area (TPSA) is 55.6 Å². The number of esters is 1. The molecule has 3 aromatic rings. The van der Waals surface area contributed by atoms with Crippen molar-refractivity contribution < 1.29 is 9.53 Å². The van der Waals surface area contributed by atoms with Crippen LogP contribution in [0, 0.1) is 24.3 Å². The van der Waals surface area contributed by atoms with Crippen molar-refractivity contribution >= 4 is 40.5 Å². The molecule has 0 bridgehead atoms. The van der Waals surface area contributed by atoms with Crippen LogP contribution in [-0.4, -0.2) is 23.9 Å². The third kappa shape index (κ3) is 4.27. The zero-order chi connectivity index (χ0) is 20.3. The smallest absolute Gasteiger partial charge is 0.337 e. The van der Waals surface area contributed by atoms with Gasteiger partial charge in [0.1, 0.15) is 0 Å². The number of hydrogen-bond donors (Lipinski definition) is 1. The van der Waals surface area contributed by atoms with Crippen molar-refractivity contribution in [2.75, 3.05) is 12.5 Å². The SMILES string of the molecule is COC(=O)c1ccc(-n2c(C)cc(/C=N\Nc3ccc(I)cc3)c2C)c(C)c1. The Hall–Kier alpha value is -2.61. The second-order valence-corrected chi connectivity index (χ2v) is 7.78. The standard InChI is InChI=1S/C22H22IN3O2/c1-14-11-17(22(27)28-4)5-10-21(14)26-15(2)12-18(16(26)3)13-24-25-20-8-6-19(23)7-9-20/h5-13,25H,1-4H3/b24-13-. The lowest BCUT2D eigenvalue weighted by molar-refractivity contribution is 0.0600. The van der Waals surface area contributed by atoms with E-state index in [4.69, 9.17) is 4.74 Å². The van der Waals surface area contributed by atoms with Gasteiger partial charge < -0.3 is 9.30 Å². The highest BCUT2D eigenvalue weighted by molar-refractivity contribution is 14.1. The number of halogens is 1. The Bertz CT molecular complexity index is 1040. The van der Waals surface area contributed by atoms with Crippen molar-refractivity contribution in [3.05, 3.63) is 80.2 Å². The Kier molecular flexibility index (Phi) is 6.18. The number of carbonyl (C=O) groups excluding carboxylic acids is 1. The zero-order valence-electron chi connectivity index (χ0n) is 16.3. The second-order valence-electron chi connectivity index (χ2n) is 6.53. The maximum Gasteiger partial charge on any atom is 0.337 e. The number of carbonyl (C=O) groups is 1. The van der Waals surface area contributed by atoms with Crippen LogP contribution in [0.15, 0.2) is 53.6 Å². The van der Waals surface area contributed by atoms with Crippen LogP contribution < -0.4 is 5.43 Å². The summed E-state index contributed by atoms with van der Waals surface area (Å²) < 4.78 is 8.16. The minimum absolute atomic E-state index is 0.329. The molecule has 0 saturated heterocycles. The number of rotatable bonds is 5. The molecule has 0 spiro atoms. The van der Waals surface area contributed by atoms with Crippen LogP contribution in [0.5, 0.6) is 0 Å². The summed E-state index contributed by atoms with van der Waals surface area (Å²) in [5.74, 6) is -0.329. The highest BCUT2D eigenvalue weighted by Gasteiger charge is 2.13. The normalized spacial score (nSPS) is 11.0. The minimum Gasteiger partial charge on any atom is -0.465 e. The molecule has 144 valence electrons. The number of ether oxygens (including phenoxy) is 1. The summed E-state index contributed by atoms with van der Waals surface area (Å²) in [7, 11) is 1.39. The average molecular weight is 487 g/mol. The fourth-order valence-corrected chi connectivity index (χ4v) is 3.50. The van der Waals surface area contributed by atoms with E-state index in [2.05, 4.69) is 57.6 Å². The number of nitrogens with zero attached hydrogens (tertiary/aromatic N) is 2. The fraction of sp³-hybridized carbons (Fsp3) is 0.182. The van der Waals surface area contributed by atoms with E-state index in [0.29, 0.717) is 5.56 Å². The van der Waals surface area contributed by atoms with Crippen LogP contribution in [0.3, 0.4) is 0 Å². The van der Waals surface area contributed by atoms with E-state index in [1.54, 1.807) is 6.07 Å². The van der Waals surface area contributed by atoms with Gasteiger partial charge in [-0.15, -0.1) is 0 Å². The Morgan fingerprint density at radius 2 is 1.82 bits per heavy atom. The minimum atomic E-state index is -0.329. The van der Waals surface area contributed by atoms with Crippen molar-refractivity contribution in [2.24, 2.45) is 5.10 Å². The van der Waals surface area contributed by atoms with Gasteiger partial charge in [0.2, 0.25) is 0 Å². The van der Waals surface area contributed by atoms with Crippen molar-refractivity contribution in [2.45, 2.75) is 20.8 Å². The van der Waals surface area contributed by atoms with Gasteiger partial charge in [-0.05, 0) is 97.5 Å². The van der Waals surface area contributed by atoms with Crippen molar-refractivity contribution in [1.82, 2.24) is 4.57 Å². The molecule has 1 N–H and O–H groups in total. The maximum absolute atomic E-state index is 11.8. The Balaban J connectivity index is 1.86. The molecule has 6 heteroatoms. The number of benzene rings is 2. The molecular weight excluding hydrogens is 465 g/mol. The number of methoxy groups -OCH3 is 1. The highest BCUT2D eigenvalue weighted by atomic mass is 127. The number of aryl methyl sites for hydroxylation is 2. The lowest BCUT2D eigenvalue weighted by atomic mass is 10.1.